The van der Waals surface area contributed by atoms with Crippen molar-refractivity contribution in [1.29, 1.82) is 0 Å². The number of nitrogens with one attached hydrogen (secondary N) is 1. The summed E-state index contributed by atoms with van der Waals surface area (Å²) in [4.78, 5) is 30.3. The minimum Gasteiger partial charge on any atom is -0.480 e. The van der Waals surface area contributed by atoms with Crippen molar-refractivity contribution in [3.8, 4) is 0 Å². The van der Waals surface area contributed by atoms with E-state index in [0.29, 0.717) is 32.4 Å². The molecule has 0 aromatic carbocycles. The lowest BCUT2D eigenvalue weighted by Gasteiger charge is -2.03. The van der Waals surface area contributed by atoms with Gasteiger partial charge in [0, 0.05) is 0 Å². The zero-order valence-electron chi connectivity index (χ0n) is 15.7. The van der Waals surface area contributed by atoms with Gasteiger partial charge >= 0.3 is 17.9 Å². The second-order valence-electron chi connectivity index (χ2n) is 6.09. The number of carboxylic acids is 3. The van der Waals surface area contributed by atoms with Crippen molar-refractivity contribution < 1.29 is 29.7 Å². The molecule has 27 heavy (non-hydrogen) atoms. The fraction of sp³-hybridized carbons (Fsp3) is 0.812. The van der Waals surface area contributed by atoms with Gasteiger partial charge in [-0.15, -0.1) is 0 Å². The minimum absolute atomic E-state index is 0.269. The highest BCUT2D eigenvalue weighted by Crippen LogP contribution is 2.03. The molecule has 11 heteroatoms. The molecule has 0 aliphatic carbocycles. The van der Waals surface area contributed by atoms with Crippen molar-refractivity contribution in [3.05, 3.63) is 0 Å². The molecule has 0 bridgehead atoms. The van der Waals surface area contributed by atoms with Crippen molar-refractivity contribution in [2.24, 2.45) is 22.9 Å². The molecular formula is C16H35N5O6. The normalized spacial score (nSPS) is 17.6. The van der Waals surface area contributed by atoms with E-state index in [4.69, 9.17) is 38.3 Å². The molecule has 1 fully saturated rings. The van der Waals surface area contributed by atoms with E-state index in [9.17, 15) is 14.4 Å². The van der Waals surface area contributed by atoms with E-state index in [-0.39, 0.29) is 6.04 Å². The summed E-state index contributed by atoms with van der Waals surface area (Å²) in [5.74, 6) is -2.61. The maximum atomic E-state index is 10.1. The lowest BCUT2D eigenvalue weighted by atomic mass is 10.1. The third kappa shape index (κ3) is 17.4. The fourth-order valence-electron chi connectivity index (χ4n) is 1.99. The van der Waals surface area contributed by atoms with Crippen molar-refractivity contribution in [2.75, 3.05) is 19.6 Å². The molecule has 1 saturated heterocycles. The molecule has 0 radical (unpaired) electrons. The molecule has 1 aliphatic rings. The molecule has 0 aromatic rings. The van der Waals surface area contributed by atoms with Crippen LogP contribution in [0.3, 0.4) is 0 Å². The molecule has 11 nitrogen and oxygen atoms in total. The molecule has 0 unspecified atom stereocenters. The Morgan fingerprint density at radius 2 is 1.37 bits per heavy atom. The molecule has 160 valence electrons. The highest BCUT2D eigenvalue weighted by Gasteiger charge is 2.20. The Hall–Kier alpha value is -1.79. The predicted octanol–water partition coefficient (Wildman–Crippen LogP) is -1.51. The number of hydrogen-bond donors (Lipinski definition) is 8. The van der Waals surface area contributed by atoms with Crippen LogP contribution in [0.25, 0.3) is 0 Å². The van der Waals surface area contributed by atoms with E-state index in [1.165, 1.54) is 0 Å². The van der Waals surface area contributed by atoms with E-state index in [0.717, 1.165) is 32.2 Å². The lowest BCUT2D eigenvalue weighted by molar-refractivity contribution is -0.139. The molecule has 12 N–H and O–H groups in total. The van der Waals surface area contributed by atoms with Crippen LogP contribution in [-0.4, -0.2) is 71.0 Å². The van der Waals surface area contributed by atoms with Crippen LogP contribution in [0.2, 0.25) is 0 Å². The fourth-order valence-corrected chi connectivity index (χ4v) is 1.99. The van der Waals surface area contributed by atoms with Crippen molar-refractivity contribution in [3.63, 3.8) is 0 Å². The predicted molar refractivity (Wildman–Crippen MR) is 101 cm³/mol. The highest BCUT2D eigenvalue weighted by atomic mass is 16.4. The van der Waals surface area contributed by atoms with Crippen molar-refractivity contribution in [1.82, 2.24) is 5.32 Å². The van der Waals surface area contributed by atoms with Gasteiger partial charge in [-0.25, -0.2) is 0 Å². The maximum Gasteiger partial charge on any atom is 0.320 e. The molecule has 1 aliphatic heterocycles. The SMILES string of the molecule is NCCCC[C@H](N)C(=O)O.NCCC[C@H](N)C(=O)O.O=C(O)[C@@H]1CCCN1. The Kier molecular flexibility index (Phi) is 17.9. The number of carbonyl (C=O) groups is 3. The number of rotatable bonds is 10. The zero-order chi connectivity index (χ0) is 21.2. The molecule has 0 spiro atoms. The average Bonchev–Trinajstić information content (AvgIpc) is 3.15. The van der Waals surface area contributed by atoms with Crippen molar-refractivity contribution >= 4 is 17.9 Å². The summed E-state index contributed by atoms with van der Waals surface area (Å²) in [7, 11) is 0. The Labute approximate surface area is 159 Å². The second kappa shape index (κ2) is 17.6. The summed E-state index contributed by atoms with van der Waals surface area (Å²) < 4.78 is 0. The maximum absolute atomic E-state index is 10.1. The topological polar surface area (TPSA) is 228 Å². The summed E-state index contributed by atoms with van der Waals surface area (Å²) in [5, 5.41) is 27.8. The average molecular weight is 393 g/mol. The molecule has 1 heterocycles. The zero-order valence-corrected chi connectivity index (χ0v) is 15.7. The smallest absolute Gasteiger partial charge is 0.320 e. The van der Waals surface area contributed by atoms with Gasteiger partial charge in [-0.2, -0.15) is 0 Å². The summed E-state index contributed by atoms with van der Waals surface area (Å²) >= 11 is 0. The Morgan fingerprint density at radius 3 is 1.67 bits per heavy atom. The number of aliphatic carboxylic acids is 3. The van der Waals surface area contributed by atoms with E-state index in [1.54, 1.807) is 0 Å². The van der Waals surface area contributed by atoms with Crippen LogP contribution >= 0.6 is 0 Å². The van der Waals surface area contributed by atoms with Gasteiger partial charge in [0.25, 0.3) is 0 Å². The summed E-state index contributed by atoms with van der Waals surface area (Å²) in [6.45, 7) is 1.96. The van der Waals surface area contributed by atoms with Gasteiger partial charge in [-0.05, 0) is 58.2 Å². The van der Waals surface area contributed by atoms with Gasteiger partial charge in [0.05, 0.1) is 0 Å². The quantitative estimate of drug-likeness (QED) is 0.199. The number of carboxylic acid groups (broad SMARTS) is 3. The third-order valence-corrected chi connectivity index (χ3v) is 3.68. The van der Waals surface area contributed by atoms with Gasteiger partial charge in [0.15, 0.2) is 0 Å². The monoisotopic (exact) mass is 393 g/mol. The Bertz CT molecular complexity index is 418. The largest absolute Gasteiger partial charge is 0.480 e. The van der Waals surface area contributed by atoms with E-state index in [2.05, 4.69) is 5.32 Å². The van der Waals surface area contributed by atoms with Crippen LogP contribution < -0.4 is 28.3 Å². The summed E-state index contributed by atoms with van der Waals surface area (Å²) in [6.07, 6.45) is 5.09. The number of hydrogen-bond acceptors (Lipinski definition) is 8. The van der Waals surface area contributed by atoms with Gasteiger partial charge in [-0.3, -0.25) is 14.4 Å². The van der Waals surface area contributed by atoms with Crippen LogP contribution in [0.5, 0.6) is 0 Å². The van der Waals surface area contributed by atoms with E-state index >= 15 is 0 Å². The first-order valence-corrected chi connectivity index (χ1v) is 9.00. The van der Waals surface area contributed by atoms with Crippen LogP contribution in [0.4, 0.5) is 0 Å². The van der Waals surface area contributed by atoms with Gasteiger partial charge in [0.2, 0.25) is 0 Å². The lowest BCUT2D eigenvalue weighted by Crippen LogP contribution is -2.30. The molecule has 1 rings (SSSR count). The molecule has 3 atom stereocenters. The second-order valence-corrected chi connectivity index (χ2v) is 6.09. The molecule has 0 aromatic heterocycles. The number of unbranched alkanes of at least 4 members (excludes halogenated alkanes) is 1. The molecule has 0 saturated carbocycles. The summed E-state index contributed by atoms with van der Waals surface area (Å²) in [5.41, 5.74) is 20.7. The Morgan fingerprint density at radius 1 is 0.889 bits per heavy atom. The van der Waals surface area contributed by atoms with Crippen LogP contribution in [0.15, 0.2) is 0 Å². The first-order chi connectivity index (χ1) is 12.7. The van der Waals surface area contributed by atoms with E-state index < -0.39 is 30.0 Å². The molecule has 0 amide bonds. The highest BCUT2D eigenvalue weighted by molar-refractivity contribution is 5.74. The van der Waals surface area contributed by atoms with Crippen LogP contribution in [0, 0.1) is 0 Å². The van der Waals surface area contributed by atoms with Crippen LogP contribution in [-0.2, 0) is 14.4 Å². The first-order valence-electron chi connectivity index (χ1n) is 9.00. The first kappa shape index (κ1) is 27.4. The molecular weight excluding hydrogens is 358 g/mol. The minimum atomic E-state index is -0.955. The van der Waals surface area contributed by atoms with E-state index in [1.807, 2.05) is 0 Å². The number of nitrogens with two attached hydrogens (primary N) is 4. The standard InChI is InChI=1S/C6H14N2O2.C5H12N2O2.C5H9NO2/c7-4-2-1-3-5(8)6(9)10;6-3-1-2-4(7)5(8)9;7-5(8)4-2-1-3-6-4/h5H,1-4,7-8H2,(H,9,10);4H,1-3,6-7H2,(H,8,9);4,6H,1-3H2,(H,7,8)/t5-;2*4-/m000/s1. The van der Waals surface area contributed by atoms with Crippen molar-refractivity contribution in [2.45, 2.75) is 63.1 Å². The summed E-state index contributed by atoms with van der Waals surface area (Å²) in [6, 6.07) is -1.73. The van der Waals surface area contributed by atoms with Gasteiger partial charge < -0.3 is 43.6 Å². The van der Waals surface area contributed by atoms with Gasteiger partial charge in [-0.1, -0.05) is 6.42 Å². The van der Waals surface area contributed by atoms with Gasteiger partial charge in [0.1, 0.15) is 18.1 Å². The third-order valence-electron chi connectivity index (χ3n) is 3.68. The Balaban J connectivity index is 0. The van der Waals surface area contributed by atoms with Crippen LogP contribution in [0.1, 0.15) is 44.9 Å².